The van der Waals surface area contributed by atoms with Crippen LogP contribution in [-0.2, 0) is 6.54 Å². The second-order valence-electron chi connectivity index (χ2n) is 5.23. The average Bonchev–Trinajstić information content (AvgIpc) is 2.92. The molecule has 2 aromatic heterocycles. The Morgan fingerprint density at radius 3 is 2.85 bits per heavy atom. The zero-order chi connectivity index (χ0) is 14.5. The van der Waals surface area contributed by atoms with Crippen molar-refractivity contribution < 1.29 is 0 Å². The maximum Gasteiger partial charge on any atom is 0.146 e. The second-order valence-corrected chi connectivity index (χ2v) is 6.12. The molecule has 0 aliphatic carbocycles. The van der Waals surface area contributed by atoms with Gasteiger partial charge >= 0.3 is 0 Å². The van der Waals surface area contributed by atoms with Crippen molar-refractivity contribution in [2.75, 3.05) is 18.9 Å². The van der Waals surface area contributed by atoms with Gasteiger partial charge in [-0.25, -0.2) is 9.97 Å². The lowest BCUT2D eigenvalue weighted by atomic mass is 10.2. The number of hydrogen-bond acceptors (Lipinski definition) is 5. The summed E-state index contributed by atoms with van der Waals surface area (Å²) in [5, 5.41) is 6.64. The van der Waals surface area contributed by atoms with E-state index in [4.69, 9.17) is 4.98 Å². The normalized spacial score (nSPS) is 13.1. The lowest BCUT2D eigenvalue weighted by molar-refractivity contribution is 0.238. The largest absolute Gasteiger partial charge is 0.369 e. The van der Waals surface area contributed by atoms with Crippen LogP contribution in [-0.4, -0.2) is 34.5 Å². The van der Waals surface area contributed by atoms with Crippen LogP contribution in [0.25, 0.3) is 10.2 Å². The Labute approximate surface area is 125 Å². The van der Waals surface area contributed by atoms with Crippen molar-refractivity contribution in [3.8, 4) is 0 Å². The Balaban J connectivity index is 2.25. The predicted octanol–water partition coefficient (Wildman–Crippen LogP) is 3.74. The van der Waals surface area contributed by atoms with Crippen LogP contribution >= 0.6 is 11.3 Å². The van der Waals surface area contributed by atoms with E-state index in [2.05, 4.69) is 54.5 Å². The summed E-state index contributed by atoms with van der Waals surface area (Å²) in [6.07, 6.45) is 2.23. The van der Waals surface area contributed by atoms with Crippen LogP contribution in [0.15, 0.2) is 11.4 Å². The maximum absolute atomic E-state index is 4.71. The third kappa shape index (κ3) is 3.46. The Bertz CT molecular complexity index is 552. The maximum atomic E-state index is 4.71. The van der Waals surface area contributed by atoms with Crippen molar-refractivity contribution in [2.45, 2.75) is 46.2 Å². The molecular weight excluding hydrogens is 268 g/mol. The standard InChI is InChI=1S/C15H24N4S/c1-5-8-16-14-12-7-9-20-15(12)18-13(17-14)10-19(4)11(3)6-2/h7,9,11H,5-6,8,10H2,1-4H3,(H,16,17,18). The molecule has 0 saturated heterocycles. The van der Waals surface area contributed by atoms with Crippen LogP contribution < -0.4 is 5.32 Å². The molecule has 2 rings (SSSR count). The first-order valence-electron chi connectivity index (χ1n) is 7.33. The van der Waals surface area contributed by atoms with E-state index < -0.39 is 0 Å². The van der Waals surface area contributed by atoms with Gasteiger partial charge in [0.15, 0.2) is 0 Å². The van der Waals surface area contributed by atoms with Crippen LogP contribution in [0.3, 0.4) is 0 Å². The van der Waals surface area contributed by atoms with Crippen molar-refractivity contribution in [3.05, 3.63) is 17.3 Å². The van der Waals surface area contributed by atoms with Crippen LogP contribution in [0, 0.1) is 0 Å². The molecule has 5 heteroatoms. The number of aromatic nitrogens is 2. The lowest BCUT2D eigenvalue weighted by Crippen LogP contribution is -2.28. The molecule has 0 spiro atoms. The molecule has 0 aromatic carbocycles. The second kappa shape index (κ2) is 6.99. The zero-order valence-electron chi connectivity index (χ0n) is 12.8. The molecule has 110 valence electrons. The fourth-order valence-electron chi connectivity index (χ4n) is 2.04. The van der Waals surface area contributed by atoms with Crippen molar-refractivity contribution in [2.24, 2.45) is 0 Å². The number of anilines is 1. The highest BCUT2D eigenvalue weighted by Gasteiger charge is 2.12. The van der Waals surface area contributed by atoms with E-state index >= 15 is 0 Å². The molecule has 0 aliphatic rings. The lowest BCUT2D eigenvalue weighted by Gasteiger charge is -2.22. The van der Waals surface area contributed by atoms with Gasteiger partial charge in [0.05, 0.1) is 11.9 Å². The minimum absolute atomic E-state index is 0.546. The van der Waals surface area contributed by atoms with Gasteiger partial charge in [-0.15, -0.1) is 11.3 Å². The van der Waals surface area contributed by atoms with Gasteiger partial charge in [0, 0.05) is 12.6 Å². The molecule has 1 N–H and O–H groups in total. The van der Waals surface area contributed by atoms with Gasteiger partial charge in [-0.05, 0) is 38.3 Å². The van der Waals surface area contributed by atoms with E-state index in [1.165, 1.54) is 0 Å². The Kier molecular flexibility index (Phi) is 5.31. The topological polar surface area (TPSA) is 41.1 Å². The van der Waals surface area contributed by atoms with E-state index in [1.807, 2.05) is 0 Å². The fraction of sp³-hybridized carbons (Fsp3) is 0.600. The average molecular weight is 292 g/mol. The first-order valence-corrected chi connectivity index (χ1v) is 8.21. The number of fused-ring (bicyclic) bond motifs is 1. The van der Waals surface area contributed by atoms with Gasteiger partial charge in [-0.3, -0.25) is 4.90 Å². The van der Waals surface area contributed by atoms with Crippen molar-refractivity contribution in [1.29, 1.82) is 0 Å². The molecule has 4 nitrogen and oxygen atoms in total. The molecule has 0 saturated carbocycles. The number of hydrogen-bond donors (Lipinski definition) is 1. The summed E-state index contributed by atoms with van der Waals surface area (Å²) in [6, 6.07) is 2.64. The van der Waals surface area contributed by atoms with E-state index in [1.54, 1.807) is 11.3 Å². The minimum Gasteiger partial charge on any atom is -0.369 e. The number of nitrogens with zero attached hydrogens (tertiary/aromatic N) is 3. The van der Waals surface area contributed by atoms with E-state index in [0.29, 0.717) is 6.04 Å². The van der Waals surface area contributed by atoms with Crippen LogP contribution in [0.4, 0.5) is 5.82 Å². The molecule has 0 fully saturated rings. The Hall–Kier alpha value is -1.20. The van der Waals surface area contributed by atoms with Crippen LogP contribution in [0.2, 0.25) is 0 Å². The molecule has 20 heavy (non-hydrogen) atoms. The molecule has 1 unspecified atom stereocenters. The summed E-state index contributed by atoms with van der Waals surface area (Å²) in [5.74, 6) is 1.88. The van der Waals surface area contributed by atoms with E-state index in [0.717, 1.165) is 47.8 Å². The highest BCUT2D eigenvalue weighted by Crippen LogP contribution is 2.25. The number of nitrogens with one attached hydrogen (secondary N) is 1. The summed E-state index contributed by atoms with van der Waals surface area (Å²) in [4.78, 5) is 12.8. The summed E-state index contributed by atoms with van der Waals surface area (Å²) >= 11 is 1.68. The summed E-state index contributed by atoms with van der Waals surface area (Å²) in [5.41, 5.74) is 0. The van der Waals surface area contributed by atoms with E-state index in [-0.39, 0.29) is 0 Å². The van der Waals surface area contributed by atoms with Crippen molar-refractivity contribution >= 4 is 27.4 Å². The van der Waals surface area contributed by atoms with Gasteiger partial charge < -0.3 is 5.32 Å². The molecule has 0 bridgehead atoms. The Morgan fingerprint density at radius 1 is 1.35 bits per heavy atom. The number of rotatable bonds is 7. The predicted molar refractivity (Wildman–Crippen MR) is 87.4 cm³/mol. The van der Waals surface area contributed by atoms with E-state index in [9.17, 15) is 0 Å². The van der Waals surface area contributed by atoms with Gasteiger partial charge in [-0.2, -0.15) is 0 Å². The third-order valence-corrected chi connectivity index (χ3v) is 4.45. The number of thiophene rings is 1. The van der Waals surface area contributed by atoms with Gasteiger partial charge in [0.2, 0.25) is 0 Å². The van der Waals surface area contributed by atoms with Gasteiger partial charge in [0.25, 0.3) is 0 Å². The fourth-order valence-corrected chi connectivity index (χ4v) is 2.82. The van der Waals surface area contributed by atoms with Crippen molar-refractivity contribution in [3.63, 3.8) is 0 Å². The van der Waals surface area contributed by atoms with Crippen LogP contribution in [0.5, 0.6) is 0 Å². The molecule has 0 aliphatic heterocycles. The van der Waals surface area contributed by atoms with Gasteiger partial charge in [-0.1, -0.05) is 13.8 Å². The van der Waals surface area contributed by atoms with Crippen molar-refractivity contribution in [1.82, 2.24) is 14.9 Å². The summed E-state index contributed by atoms with van der Waals surface area (Å²) < 4.78 is 0. The highest BCUT2D eigenvalue weighted by atomic mass is 32.1. The first-order chi connectivity index (χ1) is 9.65. The summed E-state index contributed by atoms with van der Waals surface area (Å²) in [7, 11) is 2.13. The monoisotopic (exact) mass is 292 g/mol. The Morgan fingerprint density at radius 2 is 2.15 bits per heavy atom. The van der Waals surface area contributed by atoms with Gasteiger partial charge in [0.1, 0.15) is 16.5 Å². The smallest absolute Gasteiger partial charge is 0.146 e. The molecule has 2 aromatic rings. The molecule has 2 heterocycles. The zero-order valence-corrected chi connectivity index (χ0v) is 13.6. The minimum atomic E-state index is 0.546. The SMILES string of the molecule is CCCNc1nc(CN(C)C(C)CC)nc2sccc12. The quantitative estimate of drug-likeness (QED) is 0.844. The third-order valence-electron chi connectivity index (χ3n) is 3.65. The molecule has 1 atom stereocenters. The van der Waals surface area contributed by atoms with Crippen LogP contribution in [0.1, 0.15) is 39.4 Å². The molecule has 0 amide bonds. The highest BCUT2D eigenvalue weighted by molar-refractivity contribution is 7.16. The first kappa shape index (κ1) is 15.2. The summed E-state index contributed by atoms with van der Waals surface area (Å²) in [6.45, 7) is 8.35. The molecule has 0 radical (unpaired) electrons. The molecular formula is C15H24N4S.